The number of aliphatic carboxylic acids is 1. The Morgan fingerprint density at radius 1 is 1.25 bits per heavy atom. The highest BCUT2D eigenvalue weighted by atomic mass is 32.2. The lowest BCUT2D eigenvalue weighted by Gasteiger charge is -2.37. The average molecular weight is 298 g/mol. The van der Waals surface area contributed by atoms with Crippen molar-refractivity contribution in [3.05, 3.63) is 0 Å². The van der Waals surface area contributed by atoms with Gasteiger partial charge in [0.2, 0.25) is 0 Å². The zero-order valence-corrected chi connectivity index (χ0v) is 12.6. The van der Waals surface area contributed by atoms with E-state index in [-0.39, 0.29) is 11.4 Å². The normalized spacial score (nSPS) is 34.4. The van der Waals surface area contributed by atoms with Crippen molar-refractivity contribution < 1.29 is 14.7 Å². The van der Waals surface area contributed by atoms with Crippen LogP contribution in [-0.4, -0.2) is 57.2 Å². The summed E-state index contributed by atoms with van der Waals surface area (Å²) in [6, 6.07) is -0.693. The quantitative estimate of drug-likeness (QED) is 0.848. The number of rotatable bonds is 2. The molecule has 0 aromatic rings. The van der Waals surface area contributed by atoms with Crippen LogP contribution in [0.1, 0.15) is 32.6 Å². The third kappa shape index (κ3) is 2.62. The summed E-state index contributed by atoms with van der Waals surface area (Å²) >= 11 is 1.65. The third-order valence-electron chi connectivity index (χ3n) is 4.49. The van der Waals surface area contributed by atoms with Gasteiger partial charge in [0.25, 0.3) is 0 Å². The van der Waals surface area contributed by atoms with Gasteiger partial charge in [0.1, 0.15) is 6.04 Å². The van der Waals surface area contributed by atoms with E-state index in [1.54, 1.807) is 16.7 Å². The molecule has 2 saturated heterocycles. The van der Waals surface area contributed by atoms with Crippen molar-refractivity contribution in [2.45, 2.75) is 44.0 Å². The van der Waals surface area contributed by atoms with Gasteiger partial charge in [-0.3, -0.25) is 4.90 Å². The van der Waals surface area contributed by atoms with E-state index in [1.165, 1.54) is 0 Å². The number of carbonyl (C=O) groups is 2. The fourth-order valence-corrected chi connectivity index (χ4v) is 4.86. The van der Waals surface area contributed by atoms with Crippen LogP contribution in [0.2, 0.25) is 0 Å². The van der Waals surface area contributed by atoms with E-state index >= 15 is 0 Å². The van der Waals surface area contributed by atoms with Crippen molar-refractivity contribution in [2.24, 2.45) is 11.8 Å². The summed E-state index contributed by atoms with van der Waals surface area (Å²) < 4.78 is 0. The molecule has 0 bridgehead atoms. The number of amides is 2. The van der Waals surface area contributed by atoms with Gasteiger partial charge in [-0.2, -0.15) is 0 Å². The Bertz CT molecular complexity index is 413. The smallest absolute Gasteiger partial charge is 0.327 e. The Morgan fingerprint density at radius 3 is 2.60 bits per heavy atom. The maximum atomic E-state index is 12.8. The maximum absolute atomic E-state index is 12.8. The molecule has 0 radical (unpaired) electrons. The van der Waals surface area contributed by atoms with Crippen LogP contribution in [0.15, 0.2) is 0 Å². The van der Waals surface area contributed by atoms with Crippen LogP contribution in [0, 0.1) is 11.8 Å². The minimum atomic E-state index is -0.862. The number of piperidine rings is 1. The first-order valence-electron chi connectivity index (χ1n) is 7.49. The van der Waals surface area contributed by atoms with Gasteiger partial charge in [-0.05, 0) is 37.5 Å². The largest absolute Gasteiger partial charge is 0.480 e. The zero-order chi connectivity index (χ0) is 14.3. The van der Waals surface area contributed by atoms with Gasteiger partial charge in [-0.25, -0.2) is 9.59 Å². The summed E-state index contributed by atoms with van der Waals surface area (Å²) in [5.74, 6) is 0.700. The second-order valence-electron chi connectivity index (χ2n) is 6.30. The highest BCUT2D eigenvalue weighted by Crippen LogP contribution is 2.45. The highest BCUT2D eigenvalue weighted by Gasteiger charge is 2.49. The molecule has 0 spiro atoms. The SMILES string of the molecule is CC1CCCN(C(=O)N2C(C(=O)O)CSC2C2CC2)C1. The summed E-state index contributed by atoms with van der Waals surface area (Å²) in [7, 11) is 0. The first kappa shape index (κ1) is 14.0. The van der Waals surface area contributed by atoms with Gasteiger partial charge in [0.05, 0.1) is 5.37 Å². The minimum Gasteiger partial charge on any atom is -0.480 e. The molecular formula is C14H22N2O3S. The summed E-state index contributed by atoms with van der Waals surface area (Å²) in [6.45, 7) is 3.70. The molecule has 3 rings (SSSR count). The van der Waals surface area contributed by atoms with Gasteiger partial charge < -0.3 is 10.0 Å². The summed E-state index contributed by atoms with van der Waals surface area (Å²) in [5.41, 5.74) is 0. The standard InChI is InChI=1S/C14H22N2O3S/c1-9-3-2-6-15(7-9)14(19)16-11(13(17)18)8-20-12(16)10-4-5-10/h9-12H,2-8H2,1H3,(H,17,18). The lowest BCUT2D eigenvalue weighted by molar-refractivity contribution is -0.141. The van der Waals surface area contributed by atoms with Gasteiger partial charge >= 0.3 is 12.0 Å². The number of carboxylic acids is 1. The molecule has 20 heavy (non-hydrogen) atoms. The van der Waals surface area contributed by atoms with E-state index in [0.29, 0.717) is 17.6 Å². The van der Waals surface area contributed by atoms with Crippen LogP contribution in [-0.2, 0) is 4.79 Å². The van der Waals surface area contributed by atoms with E-state index in [1.807, 2.05) is 4.90 Å². The second-order valence-corrected chi connectivity index (χ2v) is 7.45. The zero-order valence-electron chi connectivity index (χ0n) is 11.8. The number of carboxylic acid groups (broad SMARTS) is 1. The number of hydrogen-bond acceptors (Lipinski definition) is 3. The predicted molar refractivity (Wildman–Crippen MR) is 77.6 cm³/mol. The Hall–Kier alpha value is -0.910. The van der Waals surface area contributed by atoms with Crippen molar-refractivity contribution >= 4 is 23.8 Å². The molecule has 5 nitrogen and oxygen atoms in total. The minimum absolute atomic E-state index is 0.0501. The van der Waals surface area contributed by atoms with Crippen LogP contribution in [0.25, 0.3) is 0 Å². The molecular weight excluding hydrogens is 276 g/mol. The molecule has 1 aliphatic carbocycles. The number of likely N-dealkylation sites (tertiary alicyclic amines) is 1. The van der Waals surface area contributed by atoms with Crippen molar-refractivity contribution in [1.82, 2.24) is 9.80 Å². The molecule has 3 atom stereocenters. The van der Waals surface area contributed by atoms with E-state index in [2.05, 4.69) is 6.92 Å². The molecule has 2 aliphatic heterocycles. The third-order valence-corrected chi connectivity index (χ3v) is 5.96. The molecule has 2 heterocycles. The van der Waals surface area contributed by atoms with E-state index in [0.717, 1.165) is 38.8 Å². The van der Waals surface area contributed by atoms with E-state index < -0.39 is 12.0 Å². The average Bonchev–Trinajstić information content (AvgIpc) is 3.16. The van der Waals surface area contributed by atoms with Crippen molar-refractivity contribution in [3.8, 4) is 0 Å². The number of hydrogen-bond donors (Lipinski definition) is 1. The van der Waals surface area contributed by atoms with Crippen LogP contribution in [0.3, 0.4) is 0 Å². The molecule has 1 saturated carbocycles. The number of carbonyl (C=O) groups excluding carboxylic acids is 1. The summed E-state index contributed by atoms with van der Waals surface area (Å²) in [5, 5.41) is 9.46. The fourth-order valence-electron chi connectivity index (χ4n) is 3.23. The van der Waals surface area contributed by atoms with Crippen molar-refractivity contribution in [1.29, 1.82) is 0 Å². The number of nitrogens with zero attached hydrogens (tertiary/aromatic N) is 2. The van der Waals surface area contributed by atoms with Gasteiger partial charge in [-0.1, -0.05) is 6.92 Å². The number of urea groups is 1. The predicted octanol–water partition coefficient (Wildman–Crippen LogP) is 2.08. The van der Waals surface area contributed by atoms with Gasteiger partial charge in [0, 0.05) is 18.8 Å². The van der Waals surface area contributed by atoms with Crippen LogP contribution in [0.5, 0.6) is 0 Å². The Kier molecular flexibility index (Phi) is 3.84. The van der Waals surface area contributed by atoms with Crippen LogP contribution in [0.4, 0.5) is 4.79 Å². The molecule has 112 valence electrons. The summed E-state index contributed by atoms with van der Waals surface area (Å²) in [6.07, 6.45) is 4.45. The van der Waals surface area contributed by atoms with E-state index in [9.17, 15) is 14.7 Å². The van der Waals surface area contributed by atoms with E-state index in [4.69, 9.17) is 0 Å². The van der Waals surface area contributed by atoms with Crippen LogP contribution >= 0.6 is 11.8 Å². The first-order chi connectivity index (χ1) is 9.58. The Morgan fingerprint density at radius 2 is 2.00 bits per heavy atom. The fraction of sp³-hybridized carbons (Fsp3) is 0.857. The monoisotopic (exact) mass is 298 g/mol. The number of thioether (sulfide) groups is 1. The van der Waals surface area contributed by atoms with Gasteiger partial charge in [-0.15, -0.1) is 11.8 Å². The highest BCUT2D eigenvalue weighted by molar-refractivity contribution is 8.00. The second kappa shape index (κ2) is 5.47. The maximum Gasteiger partial charge on any atom is 0.327 e. The van der Waals surface area contributed by atoms with Crippen molar-refractivity contribution in [2.75, 3.05) is 18.8 Å². The topological polar surface area (TPSA) is 60.9 Å². The van der Waals surface area contributed by atoms with Crippen molar-refractivity contribution in [3.63, 3.8) is 0 Å². The lowest BCUT2D eigenvalue weighted by atomic mass is 10.0. The molecule has 0 aromatic carbocycles. The lowest BCUT2D eigenvalue weighted by Crippen LogP contribution is -2.54. The summed E-state index contributed by atoms with van der Waals surface area (Å²) in [4.78, 5) is 27.7. The molecule has 0 aromatic heterocycles. The molecule has 6 heteroatoms. The molecule has 3 aliphatic rings. The molecule has 3 unspecified atom stereocenters. The molecule has 1 N–H and O–H groups in total. The first-order valence-corrected chi connectivity index (χ1v) is 8.54. The van der Waals surface area contributed by atoms with Crippen LogP contribution < -0.4 is 0 Å². The molecule has 3 fully saturated rings. The molecule has 2 amide bonds. The Balaban J connectivity index is 1.76. The Labute approximate surface area is 123 Å². The van der Waals surface area contributed by atoms with Gasteiger partial charge in [0.15, 0.2) is 0 Å².